The van der Waals surface area contributed by atoms with E-state index in [4.69, 9.17) is 4.74 Å². The Morgan fingerprint density at radius 1 is 0.966 bits per heavy atom. The highest BCUT2D eigenvalue weighted by molar-refractivity contribution is 7.92. The minimum absolute atomic E-state index is 0.0675. The first-order chi connectivity index (χ1) is 13.6. The number of sulfonamides is 1. The maximum atomic E-state index is 13.8. The van der Waals surface area contributed by atoms with Gasteiger partial charge in [-0.1, -0.05) is 12.1 Å². The van der Waals surface area contributed by atoms with Gasteiger partial charge in [0.25, 0.3) is 10.0 Å². The van der Waals surface area contributed by atoms with Crippen LogP contribution in [0.1, 0.15) is 0 Å². The molecule has 0 amide bonds. The Balaban J connectivity index is 1.89. The molecule has 1 N–H and O–H groups in total. The molecule has 3 rings (SSSR count). The van der Waals surface area contributed by atoms with Crippen LogP contribution in [-0.2, 0) is 19.9 Å². The number of nitrogens with zero attached hydrogens (tertiary/aromatic N) is 2. The lowest BCUT2D eigenvalue weighted by Gasteiger charge is -2.10. The summed E-state index contributed by atoms with van der Waals surface area (Å²) in [5.41, 5.74) is 1.08. The molecule has 0 aliphatic heterocycles. The molecule has 0 fully saturated rings. The van der Waals surface area contributed by atoms with Gasteiger partial charge >= 0.3 is 0 Å². The van der Waals surface area contributed by atoms with E-state index >= 15 is 0 Å². The SMILES string of the molecule is COc1ccc(S(=O)(=O)Nc2cccc(-c3ccc(S(C)(=O)=O)nn3)c2)cc1F. The van der Waals surface area contributed by atoms with E-state index in [0.717, 1.165) is 12.3 Å². The number of hydrogen-bond donors (Lipinski definition) is 1. The third-order valence-electron chi connectivity index (χ3n) is 3.86. The lowest BCUT2D eigenvalue weighted by Crippen LogP contribution is -2.13. The Morgan fingerprint density at radius 2 is 1.72 bits per heavy atom. The zero-order valence-electron chi connectivity index (χ0n) is 15.3. The normalized spacial score (nSPS) is 11.8. The highest BCUT2D eigenvalue weighted by Crippen LogP contribution is 2.25. The van der Waals surface area contributed by atoms with Crippen molar-refractivity contribution in [2.75, 3.05) is 18.1 Å². The molecule has 2 aromatic carbocycles. The summed E-state index contributed by atoms with van der Waals surface area (Å²) in [5, 5.41) is 7.38. The fourth-order valence-electron chi connectivity index (χ4n) is 2.44. The maximum absolute atomic E-state index is 13.8. The van der Waals surface area contributed by atoms with E-state index in [9.17, 15) is 21.2 Å². The molecule has 0 atom stereocenters. The molecule has 11 heteroatoms. The van der Waals surface area contributed by atoms with Crippen molar-refractivity contribution in [2.24, 2.45) is 0 Å². The van der Waals surface area contributed by atoms with Gasteiger partial charge in [-0.3, -0.25) is 4.72 Å². The third-order valence-corrected chi connectivity index (χ3v) is 6.22. The monoisotopic (exact) mass is 437 g/mol. The van der Waals surface area contributed by atoms with Crippen molar-refractivity contribution in [1.29, 1.82) is 0 Å². The predicted molar refractivity (Wildman–Crippen MR) is 104 cm³/mol. The van der Waals surface area contributed by atoms with Gasteiger partial charge in [0.15, 0.2) is 26.4 Å². The zero-order valence-corrected chi connectivity index (χ0v) is 17.0. The topological polar surface area (TPSA) is 115 Å². The van der Waals surface area contributed by atoms with Gasteiger partial charge in [-0.25, -0.2) is 21.2 Å². The lowest BCUT2D eigenvalue weighted by atomic mass is 10.1. The van der Waals surface area contributed by atoms with Gasteiger partial charge in [-0.2, -0.15) is 0 Å². The van der Waals surface area contributed by atoms with Gasteiger partial charge in [0, 0.05) is 17.5 Å². The van der Waals surface area contributed by atoms with E-state index in [1.54, 1.807) is 12.1 Å². The smallest absolute Gasteiger partial charge is 0.262 e. The molecule has 0 bridgehead atoms. The number of aromatic nitrogens is 2. The average Bonchev–Trinajstić information content (AvgIpc) is 2.67. The minimum atomic E-state index is -4.05. The first-order valence-corrected chi connectivity index (χ1v) is 11.5. The summed E-state index contributed by atoms with van der Waals surface area (Å²) in [6.07, 6.45) is 1.02. The summed E-state index contributed by atoms with van der Waals surface area (Å²) in [7, 11) is -6.25. The van der Waals surface area contributed by atoms with E-state index in [0.29, 0.717) is 11.3 Å². The zero-order chi connectivity index (χ0) is 21.2. The minimum Gasteiger partial charge on any atom is -0.494 e. The Kier molecular flexibility index (Phi) is 5.53. The van der Waals surface area contributed by atoms with Crippen LogP contribution in [-0.4, -0.2) is 40.4 Å². The molecule has 3 aromatic rings. The van der Waals surface area contributed by atoms with Gasteiger partial charge < -0.3 is 4.74 Å². The summed E-state index contributed by atoms with van der Waals surface area (Å²) in [6, 6.07) is 12.4. The number of methoxy groups -OCH3 is 1. The molecule has 0 saturated heterocycles. The molecule has 29 heavy (non-hydrogen) atoms. The Morgan fingerprint density at radius 3 is 2.31 bits per heavy atom. The highest BCUT2D eigenvalue weighted by Gasteiger charge is 2.17. The van der Waals surface area contributed by atoms with Gasteiger partial charge in [0.1, 0.15) is 0 Å². The number of benzene rings is 2. The van der Waals surface area contributed by atoms with Crippen molar-refractivity contribution in [3.63, 3.8) is 0 Å². The first kappa shape index (κ1) is 20.7. The fraction of sp³-hybridized carbons (Fsp3) is 0.111. The van der Waals surface area contributed by atoms with Crippen LogP contribution in [0.2, 0.25) is 0 Å². The van der Waals surface area contributed by atoms with Gasteiger partial charge in [0.05, 0.1) is 17.7 Å². The van der Waals surface area contributed by atoms with Crippen molar-refractivity contribution in [1.82, 2.24) is 10.2 Å². The van der Waals surface area contributed by atoms with Crippen LogP contribution in [0.25, 0.3) is 11.3 Å². The fourth-order valence-corrected chi connectivity index (χ4v) is 4.01. The van der Waals surface area contributed by atoms with E-state index < -0.39 is 25.7 Å². The van der Waals surface area contributed by atoms with Crippen molar-refractivity contribution in [2.45, 2.75) is 9.92 Å². The number of nitrogens with one attached hydrogen (secondary N) is 1. The molecular formula is C18H16FN3O5S2. The summed E-state index contributed by atoms with van der Waals surface area (Å²) in [5.74, 6) is -0.868. The summed E-state index contributed by atoms with van der Waals surface area (Å²) >= 11 is 0. The molecule has 152 valence electrons. The first-order valence-electron chi connectivity index (χ1n) is 8.11. The quantitative estimate of drug-likeness (QED) is 0.630. The molecule has 1 aromatic heterocycles. The van der Waals surface area contributed by atoms with Gasteiger partial charge in [-0.15, -0.1) is 10.2 Å². The lowest BCUT2D eigenvalue weighted by molar-refractivity contribution is 0.385. The standard InChI is InChI=1S/C18H16FN3O5S2/c1-27-17-8-6-14(11-15(17)19)29(25,26)22-13-5-3-4-12(10-13)16-7-9-18(21-20-16)28(2,23)24/h3-11,22H,1-2H3. The van der Waals surface area contributed by atoms with Crippen LogP contribution in [0.4, 0.5) is 10.1 Å². The molecule has 0 radical (unpaired) electrons. The van der Waals surface area contributed by atoms with Crippen LogP contribution >= 0.6 is 0 Å². The molecular weight excluding hydrogens is 421 g/mol. The molecule has 1 heterocycles. The Hall–Kier alpha value is -3.05. The molecule has 0 unspecified atom stereocenters. The largest absolute Gasteiger partial charge is 0.494 e. The van der Waals surface area contributed by atoms with Crippen LogP contribution in [0, 0.1) is 5.82 Å². The summed E-state index contributed by atoms with van der Waals surface area (Å²) in [4.78, 5) is -0.265. The second kappa shape index (κ2) is 7.76. The summed E-state index contributed by atoms with van der Waals surface area (Å²) in [6.45, 7) is 0. The number of anilines is 1. The van der Waals surface area contributed by atoms with E-state index in [-0.39, 0.29) is 21.4 Å². The number of rotatable bonds is 6. The van der Waals surface area contributed by atoms with Gasteiger partial charge in [0.2, 0.25) is 0 Å². The maximum Gasteiger partial charge on any atom is 0.262 e. The van der Waals surface area contributed by atoms with Crippen LogP contribution in [0.5, 0.6) is 5.75 Å². The van der Waals surface area contributed by atoms with Crippen LogP contribution < -0.4 is 9.46 Å². The van der Waals surface area contributed by atoms with Crippen molar-refractivity contribution in [3.05, 3.63) is 60.4 Å². The Labute approximate surface area is 167 Å². The van der Waals surface area contributed by atoms with E-state index in [2.05, 4.69) is 14.9 Å². The number of sulfone groups is 1. The highest BCUT2D eigenvalue weighted by atomic mass is 32.2. The third kappa shape index (κ3) is 4.69. The van der Waals surface area contributed by atoms with Crippen molar-refractivity contribution >= 4 is 25.5 Å². The number of hydrogen-bond acceptors (Lipinski definition) is 7. The van der Waals surface area contributed by atoms with Crippen LogP contribution in [0.3, 0.4) is 0 Å². The molecule has 8 nitrogen and oxygen atoms in total. The summed E-state index contributed by atoms with van der Waals surface area (Å²) < 4.78 is 69.0. The van der Waals surface area contributed by atoms with Crippen LogP contribution in [0.15, 0.2) is 64.5 Å². The van der Waals surface area contributed by atoms with Gasteiger partial charge in [-0.05, 0) is 42.5 Å². The molecule has 0 aliphatic rings. The molecule has 0 aliphatic carbocycles. The molecule has 0 spiro atoms. The second-order valence-corrected chi connectivity index (χ2v) is 9.66. The van der Waals surface area contributed by atoms with E-state index in [1.807, 2.05) is 0 Å². The average molecular weight is 437 g/mol. The number of halogens is 1. The van der Waals surface area contributed by atoms with Crippen molar-refractivity contribution in [3.8, 4) is 17.0 Å². The number of ether oxygens (including phenoxy) is 1. The predicted octanol–water partition coefficient (Wildman–Crippen LogP) is 2.50. The van der Waals surface area contributed by atoms with E-state index in [1.165, 1.54) is 43.5 Å². The second-order valence-electron chi connectivity index (χ2n) is 6.01. The van der Waals surface area contributed by atoms with Crippen molar-refractivity contribution < 1.29 is 26.0 Å². The Bertz CT molecular complexity index is 1260. The molecule has 0 saturated carbocycles.